The fourth-order valence-electron chi connectivity index (χ4n) is 7.20. The molecule has 4 N–H and O–H groups in total. The Morgan fingerprint density at radius 1 is 1.05 bits per heavy atom. The van der Waals surface area contributed by atoms with Crippen molar-refractivity contribution in [2.45, 2.75) is 105 Å². The van der Waals surface area contributed by atoms with Crippen molar-refractivity contribution < 1.29 is 53.4 Å². The highest BCUT2D eigenvalue weighted by Gasteiger charge is 2.40. The van der Waals surface area contributed by atoms with E-state index in [4.69, 9.17) is 18.9 Å². The van der Waals surface area contributed by atoms with E-state index in [-0.39, 0.29) is 57.4 Å². The molecule has 3 heterocycles. The Hall–Kier alpha value is -4.83. The highest BCUT2D eigenvalue weighted by atomic mass is 16.5. The van der Waals surface area contributed by atoms with Crippen molar-refractivity contribution in [3.8, 4) is 11.5 Å². The number of methoxy groups -OCH3 is 2. The number of aromatic hydroxyl groups is 1. The molecule has 1 aliphatic carbocycles. The average molecular weight is 839 g/mol. The molecule has 4 aliphatic rings. The van der Waals surface area contributed by atoms with E-state index >= 15 is 0 Å². The van der Waals surface area contributed by atoms with E-state index in [9.17, 15) is 34.5 Å². The summed E-state index contributed by atoms with van der Waals surface area (Å²) in [5.41, 5.74) is -1.73. The number of hydrazone groups is 1. The van der Waals surface area contributed by atoms with Gasteiger partial charge in [0.2, 0.25) is 5.78 Å². The molecule has 4 bridgehead atoms. The summed E-state index contributed by atoms with van der Waals surface area (Å²) in [6.45, 7) is 17.3. The number of fused-ring (bicyclic) bond motifs is 16. The molecule has 0 spiro atoms. The summed E-state index contributed by atoms with van der Waals surface area (Å²) in [5.74, 6) is -3.69. The molecule has 0 aromatic heterocycles. The first-order valence-corrected chi connectivity index (χ1v) is 20.8. The molecule has 5 rings (SSSR count). The molecule has 15 heteroatoms. The smallest absolute Gasteiger partial charge is 0.302 e. The van der Waals surface area contributed by atoms with E-state index in [1.54, 1.807) is 38.1 Å². The monoisotopic (exact) mass is 838 g/mol. The van der Waals surface area contributed by atoms with E-state index in [1.807, 2.05) is 27.7 Å². The minimum atomic E-state index is -1.32. The summed E-state index contributed by atoms with van der Waals surface area (Å²) in [7, 11) is 3.03. The molecule has 60 heavy (non-hydrogen) atoms. The topological polar surface area (TPSA) is 197 Å². The van der Waals surface area contributed by atoms with E-state index in [0.29, 0.717) is 58.5 Å². The lowest BCUT2D eigenvalue weighted by atomic mass is 9.82. The molecule has 4 unspecified atom stereocenters. The van der Waals surface area contributed by atoms with Gasteiger partial charge in [-0.25, -0.2) is 0 Å². The zero-order valence-electron chi connectivity index (χ0n) is 37.0. The number of esters is 1. The molecule has 1 aromatic carbocycles. The van der Waals surface area contributed by atoms with Crippen molar-refractivity contribution in [3.63, 3.8) is 0 Å². The number of ether oxygens (including phenoxy) is 4. The first kappa shape index (κ1) is 49.5. The van der Waals surface area contributed by atoms with Crippen LogP contribution in [0.25, 0.3) is 0 Å². The number of Topliss-reactive ketones (excluding diaryl/α,β-unsaturated/α-hetero) is 2. The van der Waals surface area contributed by atoms with Gasteiger partial charge in [-0.3, -0.25) is 29.1 Å². The molecule has 15 nitrogen and oxygen atoms in total. The van der Waals surface area contributed by atoms with Gasteiger partial charge >= 0.3 is 5.97 Å². The summed E-state index contributed by atoms with van der Waals surface area (Å²) in [6, 6.07) is 0. The van der Waals surface area contributed by atoms with Crippen molar-refractivity contribution in [1.29, 1.82) is 0 Å². The van der Waals surface area contributed by atoms with Crippen molar-refractivity contribution >= 4 is 29.7 Å². The maximum Gasteiger partial charge on any atom is 0.302 e. The molecule has 332 valence electrons. The molecule has 1 amide bonds. The summed E-state index contributed by atoms with van der Waals surface area (Å²) in [4.78, 5) is 57.0. The van der Waals surface area contributed by atoms with Crippen LogP contribution in [0.1, 0.15) is 106 Å². The third-order valence-electron chi connectivity index (χ3n) is 11.3. The zero-order valence-corrected chi connectivity index (χ0v) is 37.0. The second-order valence-electron chi connectivity index (χ2n) is 15.4. The Morgan fingerprint density at radius 2 is 1.73 bits per heavy atom. The molecule has 5 atom stereocenters. The lowest BCUT2D eigenvalue weighted by molar-refractivity contribution is -0.151. The maximum atomic E-state index is 14.6. The van der Waals surface area contributed by atoms with Crippen LogP contribution in [0.15, 0.2) is 52.5 Å². The summed E-state index contributed by atoms with van der Waals surface area (Å²) in [5, 5.41) is 42.8. The van der Waals surface area contributed by atoms with E-state index in [1.165, 1.54) is 45.6 Å². The molecule has 1 fully saturated rings. The van der Waals surface area contributed by atoms with Gasteiger partial charge in [0, 0.05) is 74.9 Å². The molecule has 3 aliphatic heterocycles. The lowest BCUT2D eigenvalue weighted by Gasteiger charge is -2.33. The SMILES string of the molecule is CC.COCCN1CCN(/N=C/C2=C3NC(=O)/C(C)=C\C=C\C(C)(O)C(C)CCC(O)[C@@H](C)C(OC(C)=O)CC/C=C/OCc4c(OC)c(C)c(O)c(c4C2=O)C3=O)CC1. The number of carbonyl (C=O) groups is 4. The van der Waals surface area contributed by atoms with Gasteiger partial charge in [0.25, 0.3) is 5.91 Å². The minimum Gasteiger partial charge on any atom is -0.507 e. The van der Waals surface area contributed by atoms with Gasteiger partial charge in [-0.15, -0.1) is 0 Å². The third kappa shape index (κ3) is 12.6. The third-order valence-corrected chi connectivity index (χ3v) is 11.3. The van der Waals surface area contributed by atoms with Crippen LogP contribution in [0.3, 0.4) is 0 Å². The Bertz CT molecular complexity index is 1840. The second kappa shape index (κ2) is 23.2. The van der Waals surface area contributed by atoms with Gasteiger partial charge in [-0.1, -0.05) is 45.9 Å². The van der Waals surface area contributed by atoms with Crippen molar-refractivity contribution in [2.24, 2.45) is 16.9 Å². The number of hydrogen-bond acceptors (Lipinski definition) is 14. The predicted octanol–water partition coefficient (Wildman–Crippen LogP) is 5.16. The number of nitrogens with zero attached hydrogens (tertiary/aromatic N) is 3. The number of aliphatic hydroxyl groups is 2. The highest BCUT2D eigenvalue weighted by Crippen LogP contribution is 2.42. The van der Waals surface area contributed by atoms with Crippen LogP contribution < -0.4 is 10.1 Å². The fraction of sp³-hybridized carbons (Fsp3) is 0.578. The zero-order chi connectivity index (χ0) is 44.7. The van der Waals surface area contributed by atoms with Gasteiger partial charge in [-0.05, 0) is 58.4 Å². The molecular formula is C45H66N4O11. The van der Waals surface area contributed by atoms with Crippen LogP contribution in [0, 0.1) is 18.8 Å². The van der Waals surface area contributed by atoms with Crippen LogP contribution in [0.5, 0.6) is 11.5 Å². The van der Waals surface area contributed by atoms with Crippen molar-refractivity contribution in [3.05, 3.63) is 69.7 Å². The number of amides is 1. The number of aliphatic hydroxyl groups excluding tert-OH is 1. The van der Waals surface area contributed by atoms with E-state index in [2.05, 4.69) is 15.3 Å². The van der Waals surface area contributed by atoms with Crippen molar-refractivity contribution in [1.82, 2.24) is 15.2 Å². The van der Waals surface area contributed by atoms with Gasteiger partial charge in [0.1, 0.15) is 29.9 Å². The average Bonchev–Trinajstić information content (AvgIpc) is 3.22. The van der Waals surface area contributed by atoms with Gasteiger partial charge in [-0.2, -0.15) is 5.10 Å². The van der Waals surface area contributed by atoms with Crippen LogP contribution in [0.2, 0.25) is 0 Å². The number of phenolic OH excluding ortho intramolecular Hbond substituents is 1. The fourth-order valence-corrected chi connectivity index (χ4v) is 7.20. The van der Waals surface area contributed by atoms with Crippen molar-refractivity contribution in [2.75, 3.05) is 53.6 Å². The number of rotatable bonds is 7. The van der Waals surface area contributed by atoms with Crippen LogP contribution in [-0.4, -0.2) is 126 Å². The summed E-state index contributed by atoms with van der Waals surface area (Å²) >= 11 is 0. The number of benzene rings is 1. The second-order valence-corrected chi connectivity index (χ2v) is 15.4. The Morgan fingerprint density at radius 3 is 2.37 bits per heavy atom. The van der Waals surface area contributed by atoms with E-state index in [0.717, 1.165) is 6.54 Å². The number of hydrogen-bond donors (Lipinski definition) is 4. The predicted molar refractivity (Wildman–Crippen MR) is 229 cm³/mol. The molecule has 1 aromatic rings. The summed E-state index contributed by atoms with van der Waals surface area (Å²) < 4.78 is 22.4. The molecule has 1 saturated heterocycles. The molecule has 0 radical (unpaired) electrons. The lowest BCUT2D eigenvalue weighted by Crippen LogP contribution is -2.45. The number of piperazine rings is 1. The first-order chi connectivity index (χ1) is 28.5. The molecular weight excluding hydrogens is 773 g/mol. The number of phenols is 1. The maximum absolute atomic E-state index is 14.6. The number of carbonyl (C=O) groups excluding carboxylic acids is 4. The minimum absolute atomic E-state index is 0.138. The number of nitrogens with one attached hydrogen (secondary N) is 1. The summed E-state index contributed by atoms with van der Waals surface area (Å²) in [6.07, 6.45) is 9.14. The number of ketones is 2. The Balaban J connectivity index is 0.00000473. The number of allylic oxidation sites excluding steroid dienone is 5. The molecule has 0 saturated carbocycles. The van der Waals surface area contributed by atoms with E-state index < -0.39 is 52.9 Å². The highest BCUT2D eigenvalue weighted by molar-refractivity contribution is 6.35. The first-order valence-electron chi connectivity index (χ1n) is 20.8. The standard InChI is InChI=1S/C43H60N4O11.C2H6/c1-26-12-11-16-43(6,54)27(2)14-15-33(49)28(3)34(58-30(5)48)13-9-10-22-57-25-32-35-36(38(50)29(4)41(32)56-8)40(52)37(45-42(26)53)31(39(35)51)24-44-47-19-17-46(18-20-47)21-23-55-7;1-2/h10-12,16,22,24,27-28,33-34,49-50,54H,9,13-15,17-21,23,25H2,1-8H3,(H,45,53);1-2H3/b16-11+,22-10+,26-12-,44-24+;/t27?,28-,33?,34?,43?;/m1./s1. The largest absolute Gasteiger partial charge is 0.507 e. The van der Waals surface area contributed by atoms with Crippen LogP contribution in [-0.2, 0) is 30.4 Å². The van der Waals surface area contributed by atoms with Crippen LogP contribution >= 0.6 is 0 Å². The quantitative estimate of drug-likeness (QED) is 0.208. The van der Waals surface area contributed by atoms with Crippen LogP contribution in [0.4, 0.5) is 0 Å². The van der Waals surface area contributed by atoms with Gasteiger partial charge < -0.3 is 39.6 Å². The Labute approximate surface area is 354 Å². The Kier molecular flexibility index (Phi) is 19.2. The normalized spacial score (nSPS) is 27.2. The van der Waals surface area contributed by atoms with Gasteiger partial charge in [0.15, 0.2) is 5.78 Å². The van der Waals surface area contributed by atoms with Gasteiger partial charge in [0.05, 0.1) is 49.0 Å².